The molecule has 0 amide bonds. The first kappa shape index (κ1) is 12.0. The third kappa shape index (κ3) is 1.94. The second-order valence-corrected chi connectivity index (χ2v) is 5.04. The summed E-state index contributed by atoms with van der Waals surface area (Å²) in [5.41, 5.74) is 4.26. The van der Waals surface area contributed by atoms with E-state index >= 15 is 0 Å². The highest BCUT2D eigenvalue weighted by atomic mass is 16.3. The molecule has 0 saturated heterocycles. The van der Waals surface area contributed by atoms with Gasteiger partial charge in [0.2, 0.25) is 0 Å². The van der Waals surface area contributed by atoms with Crippen LogP contribution < -0.4 is 0 Å². The van der Waals surface area contributed by atoms with Crippen molar-refractivity contribution in [3.05, 3.63) is 66.9 Å². The summed E-state index contributed by atoms with van der Waals surface area (Å²) < 4.78 is 7.58. The summed E-state index contributed by atoms with van der Waals surface area (Å²) in [4.78, 5) is 4.77. The Bertz CT molecular complexity index is 890. The Morgan fingerprint density at radius 3 is 2.52 bits per heavy atom. The predicted molar refractivity (Wildman–Crippen MR) is 83.9 cm³/mol. The van der Waals surface area contributed by atoms with Crippen LogP contribution >= 0.6 is 0 Å². The minimum absolute atomic E-state index is 0.865. The van der Waals surface area contributed by atoms with Crippen LogP contribution in [0.3, 0.4) is 0 Å². The molecule has 0 aliphatic rings. The Morgan fingerprint density at radius 1 is 0.905 bits per heavy atom. The van der Waals surface area contributed by atoms with Gasteiger partial charge in [-0.25, -0.2) is 4.98 Å². The summed E-state index contributed by atoms with van der Waals surface area (Å²) in [6.07, 6.45) is 1.69. The molecule has 3 heteroatoms. The smallest absolute Gasteiger partial charge is 0.140 e. The number of benzene rings is 2. The molecule has 0 aliphatic heterocycles. The van der Waals surface area contributed by atoms with Crippen LogP contribution in [-0.4, -0.2) is 9.55 Å². The molecule has 0 bridgehead atoms. The first-order chi connectivity index (χ1) is 10.3. The monoisotopic (exact) mass is 274 g/mol. The summed E-state index contributed by atoms with van der Waals surface area (Å²) in [5, 5.41) is 0. The Kier molecular flexibility index (Phi) is 2.64. The van der Waals surface area contributed by atoms with E-state index < -0.39 is 0 Å². The molecule has 0 saturated carbocycles. The third-order valence-corrected chi connectivity index (χ3v) is 3.72. The molecule has 0 radical (unpaired) electrons. The second kappa shape index (κ2) is 4.63. The van der Waals surface area contributed by atoms with E-state index in [1.807, 2.05) is 37.4 Å². The lowest BCUT2D eigenvalue weighted by Crippen LogP contribution is -1.91. The van der Waals surface area contributed by atoms with Gasteiger partial charge >= 0.3 is 0 Å². The quantitative estimate of drug-likeness (QED) is 0.539. The highest BCUT2D eigenvalue weighted by Crippen LogP contribution is 2.28. The van der Waals surface area contributed by atoms with E-state index in [0.717, 1.165) is 33.7 Å². The molecule has 2 heterocycles. The molecule has 4 aromatic rings. The van der Waals surface area contributed by atoms with Crippen molar-refractivity contribution >= 4 is 11.0 Å². The standard InChI is InChI=1S/C18H14N2O/c1-20-16-10-9-14(17-8-5-11-21-17)12-15(16)19-18(20)13-6-3-2-4-7-13/h2-12H,1H3. The maximum atomic E-state index is 5.46. The molecule has 2 aromatic carbocycles. The van der Waals surface area contributed by atoms with Gasteiger partial charge in [-0.15, -0.1) is 0 Å². The lowest BCUT2D eigenvalue weighted by atomic mass is 10.1. The topological polar surface area (TPSA) is 31.0 Å². The summed E-state index contributed by atoms with van der Waals surface area (Å²) >= 11 is 0. The summed E-state index contributed by atoms with van der Waals surface area (Å²) in [7, 11) is 2.05. The van der Waals surface area contributed by atoms with Crippen LogP contribution in [0.5, 0.6) is 0 Å². The molecular formula is C18H14N2O. The number of fused-ring (bicyclic) bond motifs is 1. The van der Waals surface area contributed by atoms with E-state index in [1.54, 1.807) is 6.26 Å². The molecule has 0 aliphatic carbocycles. The predicted octanol–water partition coefficient (Wildman–Crippen LogP) is 4.50. The van der Waals surface area contributed by atoms with E-state index in [-0.39, 0.29) is 0 Å². The van der Waals surface area contributed by atoms with Crippen molar-refractivity contribution in [3.63, 3.8) is 0 Å². The van der Waals surface area contributed by atoms with Gasteiger partial charge in [-0.05, 0) is 30.3 Å². The van der Waals surface area contributed by atoms with Gasteiger partial charge in [-0.1, -0.05) is 30.3 Å². The summed E-state index contributed by atoms with van der Waals surface area (Å²) in [6, 6.07) is 20.3. The molecule has 4 rings (SSSR count). The highest BCUT2D eigenvalue weighted by molar-refractivity contribution is 5.84. The number of imidazole rings is 1. The van der Waals surface area contributed by atoms with Gasteiger partial charge in [0.15, 0.2) is 0 Å². The number of aryl methyl sites for hydroxylation is 1. The Morgan fingerprint density at radius 2 is 1.76 bits per heavy atom. The molecule has 21 heavy (non-hydrogen) atoms. The van der Waals surface area contributed by atoms with Crippen LogP contribution in [-0.2, 0) is 7.05 Å². The number of hydrogen-bond donors (Lipinski definition) is 0. The van der Waals surface area contributed by atoms with Crippen molar-refractivity contribution in [1.29, 1.82) is 0 Å². The molecule has 102 valence electrons. The van der Waals surface area contributed by atoms with Crippen molar-refractivity contribution in [3.8, 4) is 22.7 Å². The number of rotatable bonds is 2. The molecule has 3 nitrogen and oxygen atoms in total. The fraction of sp³-hybridized carbons (Fsp3) is 0.0556. The van der Waals surface area contributed by atoms with Crippen LogP contribution in [0, 0.1) is 0 Å². The van der Waals surface area contributed by atoms with Gasteiger partial charge in [-0.2, -0.15) is 0 Å². The maximum Gasteiger partial charge on any atom is 0.140 e. The average molecular weight is 274 g/mol. The van der Waals surface area contributed by atoms with E-state index in [9.17, 15) is 0 Å². The lowest BCUT2D eigenvalue weighted by molar-refractivity contribution is 0.582. The van der Waals surface area contributed by atoms with Crippen LogP contribution in [0.25, 0.3) is 33.7 Å². The number of furan rings is 1. The van der Waals surface area contributed by atoms with Gasteiger partial charge in [0.1, 0.15) is 11.6 Å². The molecule has 0 unspecified atom stereocenters. The van der Waals surface area contributed by atoms with E-state index in [4.69, 9.17) is 9.40 Å². The first-order valence-corrected chi connectivity index (χ1v) is 6.89. The van der Waals surface area contributed by atoms with Crippen molar-refractivity contribution in [2.45, 2.75) is 0 Å². The maximum absolute atomic E-state index is 5.46. The lowest BCUT2D eigenvalue weighted by Gasteiger charge is -2.02. The summed E-state index contributed by atoms with van der Waals surface area (Å²) in [6.45, 7) is 0. The van der Waals surface area contributed by atoms with Gasteiger partial charge in [0.25, 0.3) is 0 Å². The highest BCUT2D eigenvalue weighted by Gasteiger charge is 2.11. The minimum Gasteiger partial charge on any atom is -0.464 e. The number of nitrogens with zero attached hydrogens (tertiary/aromatic N) is 2. The van der Waals surface area contributed by atoms with Crippen molar-refractivity contribution in [2.75, 3.05) is 0 Å². The fourth-order valence-electron chi connectivity index (χ4n) is 2.64. The SMILES string of the molecule is Cn1c(-c2ccccc2)nc2cc(-c3ccco3)ccc21. The van der Waals surface area contributed by atoms with Crippen LogP contribution in [0.15, 0.2) is 71.3 Å². The minimum atomic E-state index is 0.865. The third-order valence-electron chi connectivity index (χ3n) is 3.72. The zero-order valence-electron chi connectivity index (χ0n) is 11.7. The number of aromatic nitrogens is 2. The Labute approximate surface area is 122 Å². The van der Waals surface area contributed by atoms with Crippen LogP contribution in [0.1, 0.15) is 0 Å². The molecular weight excluding hydrogens is 260 g/mol. The zero-order valence-corrected chi connectivity index (χ0v) is 11.7. The van der Waals surface area contributed by atoms with Crippen molar-refractivity contribution in [2.24, 2.45) is 7.05 Å². The number of hydrogen-bond acceptors (Lipinski definition) is 2. The average Bonchev–Trinajstić information content (AvgIpc) is 3.16. The van der Waals surface area contributed by atoms with Gasteiger partial charge in [0.05, 0.1) is 17.3 Å². The molecule has 0 fully saturated rings. The largest absolute Gasteiger partial charge is 0.464 e. The molecule has 2 aromatic heterocycles. The van der Waals surface area contributed by atoms with Crippen molar-refractivity contribution in [1.82, 2.24) is 9.55 Å². The Balaban J connectivity index is 1.90. The van der Waals surface area contributed by atoms with E-state index in [1.165, 1.54) is 0 Å². The van der Waals surface area contributed by atoms with E-state index in [2.05, 4.69) is 34.9 Å². The fourth-order valence-corrected chi connectivity index (χ4v) is 2.64. The Hall–Kier alpha value is -2.81. The van der Waals surface area contributed by atoms with E-state index in [0.29, 0.717) is 0 Å². The zero-order chi connectivity index (χ0) is 14.2. The van der Waals surface area contributed by atoms with Crippen LogP contribution in [0.2, 0.25) is 0 Å². The molecule has 0 spiro atoms. The molecule has 0 N–H and O–H groups in total. The van der Waals surface area contributed by atoms with Gasteiger partial charge in [-0.3, -0.25) is 0 Å². The second-order valence-electron chi connectivity index (χ2n) is 5.04. The molecule has 0 atom stereocenters. The van der Waals surface area contributed by atoms with Gasteiger partial charge in [0, 0.05) is 18.2 Å². The van der Waals surface area contributed by atoms with Gasteiger partial charge < -0.3 is 8.98 Å². The van der Waals surface area contributed by atoms with Crippen molar-refractivity contribution < 1.29 is 4.42 Å². The first-order valence-electron chi connectivity index (χ1n) is 6.89. The van der Waals surface area contributed by atoms with Crippen LogP contribution in [0.4, 0.5) is 0 Å². The normalized spacial score (nSPS) is 11.1. The summed E-state index contributed by atoms with van der Waals surface area (Å²) in [5.74, 6) is 1.84.